The molecule has 0 spiro atoms. The van der Waals surface area contributed by atoms with Crippen LogP contribution in [0.15, 0.2) is 79.4 Å². The largest absolute Gasteiger partial charge is 0.397 e. The van der Waals surface area contributed by atoms with Crippen molar-refractivity contribution in [2.24, 2.45) is 0 Å². The lowest BCUT2D eigenvalue weighted by Gasteiger charge is -2.03. The first-order chi connectivity index (χ1) is 15.7. The van der Waals surface area contributed by atoms with Crippen LogP contribution in [-0.2, 0) is 0 Å². The minimum Gasteiger partial charge on any atom is -0.397 e. The van der Waals surface area contributed by atoms with Gasteiger partial charge in [-0.05, 0) is 47.5 Å². The van der Waals surface area contributed by atoms with E-state index in [-0.39, 0.29) is 5.82 Å². The highest BCUT2D eigenvalue weighted by atomic mass is 19.1. The molecule has 7 heteroatoms. The van der Waals surface area contributed by atoms with E-state index in [1.54, 1.807) is 30.9 Å². The van der Waals surface area contributed by atoms with Crippen molar-refractivity contribution in [3.05, 3.63) is 85.2 Å². The van der Waals surface area contributed by atoms with Crippen LogP contribution in [0.25, 0.3) is 55.4 Å². The summed E-state index contributed by atoms with van der Waals surface area (Å²) in [6.45, 7) is 0. The summed E-state index contributed by atoms with van der Waals surface area (Å²) in [6, 6.07) is 16.5. The van der Waals surface area contributed by atoms with Gasteiger partial charge in [0.15, 0.2) is 0 Å². The maximum Gasteiger partial charge on any atom is 0.123 e. The first-order valence-corrected chi connectivity index (χ1v) is 10.1. The first-order valence-electron chi connectivity index (χ1n) is 10.1. The molecular weight excluding hydrogens is 403 g/mol. The zero-order valence-corrected chi connectivity index (χ0v) is 16.8. The number of anilines is 1. The van der Waals surface area contributed by atoms with Crippen LogP contribution in [0, 0.1) is 5.82 Å². The van der Waals surface area contributed by atoms with Gasteiger partial charge in [0.2, 0.25) is 0 Å². The van der Waals surface area contributed by atoms with E-state index >= 15 is 0 Å². The summed E-state index contributed by atoms with van der Waals surface area (Å²) in [6.07, 6.45) is 6.93. The Labute approximate surface area is 182 Å². The normalized spacial score (nSPS) is 11.4. The third kappa shape index (κ3) is 2.99. The van der Waals surface area contributed by atoms with Crippen molar-refractivity contribution in [1.82, 2.24) is 25.1 Å². The molecular formula is C25H17FN6. The molecule has 0 aliphatic rings. The molecule has 2 aromatic carbocycles. The van der Waals surface area contributed by atoms with Crippen LogP contribution >= 0.6 is 0 Å². The SMILES string of the molecule is Nc1cncc(-c2ccc3[nH]nc(-c4cc5c(-c6cccc(F)c6)cncc5[nH]4)c3c2)c1. The number of hydrogen-bond donors (Lipinski definition) is 3. The number of H-pyrrole nitrogens is 2. The van der Waals surface area contributed by atoms with Crippen molar-refractivity contribution < 1.29 is 4.39 Å². The van der Waals surface area contributed by atoms with Crippen molar-refractivity contribution in [1.29, 1.82) is 0 Å². The van der Waals surface area contributed by atoms with E-state index in [4.69, 9.17) is 5.73 Å². The molecule has 4 N–H and O–H groups in total. The Morgan fingerprint density at radius 2 is 1.66 bits per heavy atom. The Hall–Kier alpha value is -4.52. The van der Waals surface area contributed by atoms with E-state index in [1.165, 1.54) is 12.1 Å². The number of halogens is 1. The predicted molar refractivity (Wildman–Crippen MR) is 124 cm³/mol. The van der Waals surface area contributed by atoms with E-state index in [0.29, 0.717) is 5.69 Å². The van der Waals surface area contributed by atoms with Gasteiger partial charge in [0.05, 0.1) is 28.6 Å². The van der Waals surface area contributed by atoms with Gasteiger partial charge in [-0.25, -0.2) is 4.39 Å². The van der Waals surface area contributed by atoms with Crippen molar-refractivity contribution in [3.8, 4) is 33.6 Å². The lowest BCUT2D eigenvalue weighted by molar-refractivity contribution is 0.628. The fourth-order valence-electron chi connectivity index (χ4n) is 4.08. The Bertz CT molecular complexity index is 1610. The van der Waals surface area contributed by atoms with Crippen LogP contribution in [0.5, 0.6) is 0 Å². The van der Waals surface area contributed by atoms with Crippen LogP contribution < -0.4 is 5.73 Å². The molecule has 6 aromatic rings. The van der Waals surface area contributed by atoms with Crippen molar-refractivity contribution in [2.75, 3.05) is 5.73 Å². The second-order valence-electron chi connectivity index (χ2n) is 7.68. The average Bonchev–Trinajstić information content (AvgIpc) is 3.42. The van der Waals surface area contributed by atoms with Gasteiger partial charge >= 0.3 is 0 Å². The monoisotopic (exact) mass is 420 g/mol. The standard InChI is InChI=1S/C25H17FN6/c26-17-3-1-2-15(6-17)21-12-29-13-24-19(21)9-23(30-24)25-20-8-14(4-5-22(20)31-32-25)16-7-18(27)11-28-10-16/h1-13,30H,27H2,(H,31,32). The fraction of sp³-hybridized carbons (Fsp3) is 0. The number of benzene rings is 2. The van der Waals surface area contributed by atoms with Crippen LogP contribution in [-0.4, -0.2) is 25.1 Å². The molecule has 0 unspecified atom stereocenters. The number of pyridine rings is 2. The van der Waals surface area contributed by atoms with E-state index in [0.717, 1.165) is 55.4 Å². The molecule has 0 bridgehead atoms. The number of nitrogen functional groups attached to an aromatic ring is 1. The van der Waals surface area contributed by atoms with E-state index in [1.807, 2.05) is 30.3 Å². The second kappa shape index (κ2) is 7.02. The van der Waals surface area contributed by atoms with Gasteiger partial charge in [-0.3, -0.25) is 15.1 Å². The van der Waals surface area contributed by atoms with Crippen LogP contribution in [0.2, 0.25) is 0 Å². The van der Waals surface area contributed by atoms with Crippen molar-refractivity contribution >= 4 is 27.5 Å². The Morgan fingerprint density at radius 3 is 2.53 bits per heavy atom. The van der Waals surface area contributed by atoms with Gasteiger partial charge in [-0.15, -0.1) is 0 Å². The summed E-state index contributed by atoms with van der Waals surface area (Å²) in [7, 11) is 0. The van der Waals surface area contributed by atoms with Crippen LogP contribution in [0.1, 0.15) is 0 Å². The maximum atomic E-state index is 13.8. The molecule has 0 saturated carbocycles. The number of nitrogens with one attached hydrogen (secondary N) is 2. The third-order valence-corrected chi connectivity index (χ3v) is 5.59. The quantitative estimate of drug-likeness (QED) is 0.349. The molecule has 4 heterocycles. The Balaban J connectivity index is 1.51. The molecule has 0 fully saturated rings. The van der Waals surface area contributed by atoms with Gasteiger partial charge in [0, 0.05) is 40.5 Å². The van der Waals surface area contributed by atoms with E-state index in [2.05, 4.69) is 31.2 Å². The lowest BCUT2D eigenvalue weighted by Crippen LogP contribution is -1.87. The van der Waals surface area contributed by atoms with E-state index < -0.39 is 0 Å². The number of nitrogens with zero attached hydrogens (tertiary/aromatic N) is 3. The molecule has 0 atom stereocenters. The number of hydrogen-bond acceptors (Lipinski definition) is 4. The molecule has 0 saturated heterocycles. The number of rotatable bonds is 3. The first kappa shape index (κ1) is 18.3. The van der Waals surface area contributed by atoms with Gasteiger partial charge in [-0.1, -0.05) is 18.2 Å². The number of fused-ring (bicyclic) bond motifs is 2. The summed E-state index contributed by atoms with van der Waals surface area (Å²) in [5.74, 6) is -0.280. The van der Waals surface area contributed by atoms with Crippen LogP contribution in [0.4, 0.5) is 10.1 Å². The molecule has 0 radical (unpaired) electrons. The molecule has 154 valence electrons. The summed E-state index contributed by atoms with van der Waals surface area (Å²) >= 11 is 0. The zero-order valence-electron chi connectivity index (χ0n) is 16.8. The summed E-state index contributed by atoms with van der Waals surface area (Å²) in [5.41, 5.74) is 13.5. The molecule has 0 aliphatic heterocycles. The second-order valence-corrected chi connectivity index (χ2v) is 7.68. The molecule has 4 aromatic heterocycles. The minimum absolute atomic E-state index is 0.280. The van der Waals surface area contributed by atoms with Crippen molar-refractivity contribution in [3.63, 3.8) is 0 Å². The van der Waals surface area contributed by atoms with Crippen molar-refractivity contribution in [2.45, 2.75) is 0 Å². The number of nitrogens with two attached hydrogens (primary N) is 1. The molecule has 0 amide bonds. The third-order valence-electron chi connectivity index (χ3n) is 5.59. The van der Waals surface area contributed by atoms with Gasteiger partial charge in [0.25, 0.3) is 0 Å². The maximum absolute atomic E-state index is 13.8. The highest BCUT2D eigenvalue weighted by molar-refractivity contribution is 6.01. The molecule has 6 nitrogen and oxygen atoms in total. The fourth-order valence-corrected chi connectivity index (χ4v) is 4.08. The molecule has 32 heavy (non-hydrogen) atoms. The summed E-state index contributed by atoms with van der Waals surface area (Å²) in [4.78, 5) is 11.9. The predicted octanol–water partition coefficient (Wildman–Crippen LogP) is 5.56. The van der Waals surface area contributed by atoms with Gasteiger partial charge in [0.1, 0.15) is 11.5 Å². The topological polar surface area (TPSA) is 96.3 Å². The Morgan fingerprint density at radius 1 is 0.750 bits per heavy atom. The summed E-state index contributed by atoms with van der Waals surface area (Å²) < 4.78 is 13.8. The lowest BCUT2D eigenvalue weighted by atomic mass is 10.0. The highest BCUT2D eigenvalue weighted by Gasteiger charge is 2.15. The highest BCUT2D eigenvalue weighted by Crippen LogP contribution is 2.35. The zero-order chi connectivity index (χ0) is 21.7. The Kier molecular flexibility index (Phi) is 4.01. The average molecular weight is 420 g/mol. The number of aromatic nitrogens is 5. The van der Waals surface area contributed by atoms with Crippen LogP contribution in [0.3, 0.4) is 0 Å². The molecule has 6 rings (SSSR count). The summed E-state index contributed by atoms with van der Waals surface area (Å²) in [5, 5.41) is 9.57. The minimum atomic E-state index is -0.280. The molecule has 0 aliphatic carbocycles. The smallest absolute Gasteiger partial charge is 0.123 e. The van der Waals surface area contributed by atoms with Gasteiger partial charge < -0.3 is 10.7 Å². The number of aromatic amines is 2. The van der Waals surface area contributed by atoms with Gasteiger partial charge in [-0.2, -0.15) is 5.10 Å². The van der Waals surface area contributed by atoms with E-state index in [9.17, 15) is 4.39 Å².